The van der Waals surface area contributed by atoms with E-state index in [9.17, 15) is 0 Å². The van der Waals surface area contributed by atoms with Crippen LogP contribution in [0.5, 0.6) is 0 Å². The van der Waals surface area contributed by atoms with E-state index in [1.165, 1.54) is 10.5 Å². The first-order chi connectivity index (χ1) is 7.77. The summed E-state index contributed by atoms with van der Waals surface area (Å²) >= 11 is 1.76. The van der Waals surface area contributed by atoms with Gasteiger partial charge in [0.2, 0.25) is 0 Å². The number of terminal acetylenes is 1. The van der Waals surface area contributed by atoms with Gasteiger partial charge in [0.05, 0.1) is 6.54 Å². The molecule has 1 aromatic carbocycles. The van der Waals surface area contributed by atoms with Crippen molar-refractivity contribution in [1.82, 2.24) is 5.32 Å². The first-order valence-corrected chi connectivity index (χ1v) is 6.48. The van der Waals surface area contributed by atoms with Crippen molar-refractivity contribution >= 4 is 17.8 Å². The summed E-state index contributed by atoms with van der Waals surface area (Å²) in [5.41, 5.74) is 1.25. The molecule has 0 fully saturated rings. The van der Waals surface area contributed by atoms with Gasteiger partial charge in [0.15, 0.2) is 0 Å². The average molecular weight is 231 g/mol. The highest BCUT2D eigenvalue weighted by Gasteiger charge is 1.97. The van der Waals surface area contributed by atoms with Gasteiger partial charge in [-0.2, -0.15) is 0 Å². The number of thioether (sulfide) groups is 1. The van der Waals surface area contributed by atoms with Crippen LogP contribution in [0.4, 0.5) is 0 Å². The summed E-state index contributed by atoms with van der Waals surface area (Å²) < 4.78 is 0. The Balaban J connectivity index is 2.65. The average Bonchev–Trinajstić information content (AvgIpc) is 2.34. The first kappa shape index (κ1) is 12.9. The van der Waals surface area contributed by atoms with Gasteiger partial charge in [-0.25, -0.2) is 0 Å². The maximum absolute atomic E-state index is 5.19. The van der Waals surface area contributed by atoms with Crippen LogP contribution < -0.4 is 5.32 Å². The molecule has 0 amide bonds. The van der Waals surface area contributed by atoms with Gasteiger partial charge in [-0.15, -0.1) is 18.2 Å². The summed E-state index contributed by atoms with van der Waals surface area (Å²) in [5, 5.41) is 3.21. The highest BCUT2D eigenvalue weighted by atomic mass is 32.2. The minimum atomic E-state index is 0.297. The van der Waals surface area contributed by atoms with Crippen molar-refractivity contribution in [3.05, 3.63) is 35.9 Å². The predicted octanol–water partition coefficient (Wildman–Crippen LogP) is 3.03. The lowest BCUT2D eigenvalue weighted by Gasteiger charge is -2.06. The van der Waals surface area contributed by atoms with E-state index in [4.69, 9.17) is 6.42 Å². The smallest absolute Gasteiger partial charge is 0.0578 e. The predicted molar refractivity (Wildman–Crippen MR) is 73.6 cm³/mol. The largest absolute Gasteiger partial charge is 0.300 e. The SMILES string of the molecule is C#CCNC(C)/C=C/c1ccccc1SC. The summed E-state index contributed by atoms with van der Waals surface area (Å²) in [6.07, 6.45) is 11.6. The zero-order chi connectivity index (χ0) is 11.8. The molecule has 0 bridgehead atoms. The van der Waals surface area contributed by atoms with Crippen molar-refractivity contribution < 1.29 is 0 Å². The molecule has 1 nitrogen and oxygen atoms in total. The standard InChI is InChI=1S/C14H17NS/c1-4-11-15-12(2)9-10-13-7-5-6-8-14(13)16-3/h1,5-10,12,15H,11H2,2-3H3/b10-9+. The Bertz CT molecular complexity index is 390. The molecule has 2 heteroatoms. The molecule has 0 spiro atoms. The van der Waals surface area contributed by atoms with Crippen molar-refractivity contribution in [3.8, 4) is 12.3 Å². The van der Waals surface area contributed by atoms with Gasteiger partial charge >= 0.3 is 0 Å². The molecular weight excluding hydrogens is 214 g/mol. The van der Waals surface area contributed by atoms with Crippen molar-refractivity contribution in [2.24, 2.45) is 0 Å². The van der Waals surface area contributed by atoms with E-state index in [1.54, 1.807) is 11.8 Å². The van der Waals surface area contributed by atoms with Crippen molar-refractivity contribution in [2.45, 2.75) is 17.9 Å². The molecular formula is C14H17NS. The Kier molecular flexibility index (Phi) is 5.77. The van der Waals surface area contributed by atoms with Crippen molar-refractivity contribution in [2.75, 3.05) is 12.8 Å². The van der Waals surface area contributed by atoms with E-state index in [2.05, 4.69) is 60.8 Å². The fourth-order valence-corrected chi connectivity index (χ4v) is 1.93. The maximum atomic E-state index is 5.19. The molecule has 0 radical (unpaired) electrons. The van der Waals surface area contributed by atoms with Gasteiger partial charge in [0.1, 0.15) is 0 Å². The molecule has 1 rings (SSSR count). The second-order valence-electron chi connectivity index (χ2n) is 3.47. The number of hydrogen-bond donors (Lipinski definition) is 1. The lowest BCUT2D eigenvalue weighted by atomic mass is 10.2. The van der Waals surface area contributed by atoms with Crippen LogP contribution in [0.3, 0.4) is 0 Å². The van der Waals surface area contributed by atoms with Crippen LogP contribution in [-0.2, 0) is 0 Å². The quantitative estimate of drug-likeness (QED) is 0.617. The number of rotatable bonds is 5. The van der Waals surface area contributed by atoms with Gasteiger partial charge in [-0.1, -0.05) is 36.3 Å². The molecule has 0 saturated carbocycles. The number of benzene rings is 1. The molecule has 0 aliphatic carbocycles. The first-order valence-electron chi connectivity index (χ1n) is 5.26. The van der Waals surface area contributed by atoms with Gasteiger partial charge < -0.3 is 5.32 Å². The fourth-order valence-electron chi connectivity index (χ4n) is 1.34. The van der Waals surface area contributed by atoms with Crippen LogP contribution in [0.1, 0.15) is 12.5 Å². The summed E-state index contributed by atoms with van der Waals surface area (Å²) in [6, 6.07) is 8.66. The highest BCUT2D eigenvalue weighted by Crippen LogP contribution is 2.20. The molecule has 1 N–H and O–H groups in total. The van der Waals surface area contributed by atoms with Crippen molar-refractivity contribution in [1.29, 1.82) is 0 Å². The van der Waals surface area contributed by atoms with Crippen LogP contribution in [0.15, 0.2) is 35.2 Å². The molecule has 1 atom stereocenters. The molecule has 0 saturated heterocycles. The van der Waals surface area contributed by atoms with Gasteiger partial charge in [0.25, 0.3) is 0 Å². The second-order valence-corrected chi connectivity index (χ2v) is 4.32. The monoisotopic (exact) mass is 231 g/mol. The molecule has 0 aliphatic heterocycles. The van der Waals surface area contributed by atoms with E-state index in [0.29, 0.717) is 12.6 Å². The Morgan fingerprint density at radius 1 is 1.50 bits per heavy atom. The van der Waals surface area contributed by atoms with Crippen LogP contribution in [0.2, 0.25) is 0 Å². The van der Waals surface area contributed by atoms with Crippen LogP contribution in [0.25, 0.3) is 6.08 Å². The Hall–Kier alpha value is -1.17. The summed E-state index contributed by atoms with van der Waals surface area (Å²) in [7, 11) is 0. The van der Waals surface area contributed by atoms with Gasteiger partial charge in [-0.3, -0.25) is 0 Å². The highest BCUT2D eigenvalue weighted by molar-refractivity contribution is 7.98. The van der Waals surface area contributed by atoms with E-state index < -0.39 is 0 Å². The summed E-state index contributed by atoms with van der Waals surface area (Å²) in [4.78, 5) is 1.29. The Morgan fingerprint density at radius 3 is 2.94 bits per heavy atom. The minimum Gasteiger partial charge on any atom is -0.300 e. The molecule has 0 aliphatic rings. The van der Waals surface area contributed by atoms with E-state index in [-0.39, 0.29) is 0 Å². The van der Waals surface area contributed by atoms with E-state index in [0.717, 1.165) is 0 Å². The molecule has 16 heavy (non-hydrogen) atoms. The van der Waals surface area contributed by atoms with E-state index in [1.807, 2.05) is 0 Å². The fraction of sp³-hybridized carbons (Fsp3) is 0.286. The summed E-state index contributed by atoms with van der Waals surface area (Å²) in [5.74, 6) is 2.57. The van der Waals surface area contributed by atoms with Crippen molar-refractivity contribution in [3.63, 3.8) is 0 Å². The molecule has 1 unspecified atom stereocenters. The summed E-state index contributed by atoms with van der Waals surface area (Å²) in [6.45, 7) is 2.70. The van der Waals surface area contributed by atoms with Crippen LogP contribution in [0, 0.1) is 12.3 Å². The molecule has 0 heterocycles. The third-order valence-corrected chi connectivity index (χ3v) is 3.04. The number of nitrogens with one attached hydrogen (secondary N) is 1. The third kappa shape index (κ3) is 4.14. The Labute approximate surface area is 102 Å². The van der Waals surface area contributed by atoms with Gasteiger partial charge in [0, 0.05) is 10.9 Å². The number of hydrogen-bond acceptors (Lipinski definition) is 2. The Morgan fingerprint density at radius 2 is 2.25 bits per heavy atom. The molecule has 0 aromatic heterocycles. The topological polar surface area (TPSA) is 12.0 Å². The lowest BCUT2D eigenvalue weighted by molar-refractivity contribution is 0.695. The van der Waals surface area contributed by atoms with E-state index >= 15 is 0 Å². The minimum absolute atomic E-state index is 0.297. The molecule has 1 aromatic rings. The maximum Gasteiger partial charge on any atom is 0.0578 e. The normalized spacial score (nSPS) is 12.6. The zero-order valence-electron chi connectivity index (χ0n) is 9.73. The molecule has 84 valence electrons. The van der Waals surface area contributed by atoms with Crippen LogP contribution in [-0.4, -0.2) is 18.8 Å². The third-order valence-electron chi connectivity index (χ3n) is 2.23. The lowest BCUT2D eigenvalue weighted by Crippen LogP contribution is -2.23. The zero-order valence-corrected chi connectivity index (χ0v) is 10.6. The van der Waals surface area contributed by atoms with Crippen LogP contribution >= 0.6 is 11.8 Å². The van der Waals surface area contributed by atoms with Gasteiger partial charge in [-0.05, 0) is 24.8 Å². The second kappa shape index (κ2) is 7.16.